The van der Waals surface area contributed by atoms with Crippen LogP contribution in [0.5, 0.6) is 0 Å². The van der Waals surface area contributed by atoms with E-state index in [1.807, 2.05) is 29.1 Å². The summed E-state index contributed by atoms with van der Waals surface area (Å²) in [5.74, 6) is 0.114. The van der Waals surface area contributed by atoms with Crippen LogP contribution < -0.4 is 0 Å². The Morgan fingerprint density at radius 2 is 1.97 bits per heavy atom. The summed E-state index contributed by atoms with van der Waals surface area (Å²) < 4.78 is 6.50. The highest BCUT2D eigenvalue weighted by atomic mass is 28.4. The average Bonchev–Trinajstić information content (AvgIpc) is 2.70. The van der Waals surface area contributed by atoms with Gasteiger partial charge < -0.3 is 14.3 Å². The lowest BCUT2D eigenvalue weighted by atomic mass is 9.79. The largest absolute Gasteiger partial charge is 0.437 e. The van der Waals surface area contributed by atoms with Crippen LogP contribution in [0.2, 0.25) is 25.0 Å². The third-order valence-corrected chi connectivity index (χ3v) is 11.5. The molecule has 2 aromatic rings. The topological polar surface area (TPSA) is 49.8 Å². The summed E-state index contributed by atoms with van der Waals surface area (Å²) in [6.45, 7) is 15.0. The molecule has 1 heterocycles. The fraction of sp³-hybridized carbons (Fsp3) is 0.542. The first-order chi connectivity index (χ1) is 14.0. The van der Waals surface area contributed by atoms with Gasteiger partial charge in [-0.15, -0.1) is 0 Å². The Kier molecular flexibility index (Phi) is 6.92. The zero-order chi connectivity index (χ0) is 22.1. The number of carbonyl (C=O) groups is 1. The van der Waals surface area contributed by atoms with Crippen molar-refractivity contribution < 1.29 is 14.2 Å². The SMILES string of the molecule is CB(O)N1CCCC(C(=O)c2cc(CO[Si](C)(C)C(C)(C)C)c3ccccc3c2)C1. The van der Waals surface area contributed by atoms with Crippen molar-refractivity contribution in [2.45, 2.75) is 65.2 Å². The molecule has 0 amide bonds. The standard InChI is InChI=1S/C24H36BNO3Si/c1-24(2,3)30(5,6)29-17-21-15-20(14-18-10-7-8-12-22(18)21)23(27)19-11-9-13-26(16-19)25(4)28/h7-8,10,12,14-15,19,28H,9,11,13,16-17H2,1-6H3. The van der Waals surface area contributed by atoms with E-state index in [2.05, 4.69) is 46.0 Å². The molecule has 30 heavy (non-hydrogen) atoms. The van der Waals surface area contributed by atoms with Gasteiger partial charge in [0.15, 0.2) is 14.1 Å². The highest BCUT2D eigenvalue weighted by Gasteiger charge is 2.37. The molecule has 1 fully saturated rings. The van der Waals surface area contributed by atoms with E-state index in [1.165, 1.54) is 0 Å². The molecule has 1 unspecified atom stereocenters. The van der Waals surface area contributed by atoms with Crippen molar-refractivity contribution in [1.29, 1.82) is 0 Å². The summed E-state index contributed by atoms with van der Waals surface area (Å²) in [5, 5.41) is 12.3. The molecule has 0 radical (unpaired) electrons. The van der Waals surface area contributed by atoms with Crippen LogP contribution >= 0.6 is 0 Å². The van der Waals surface area contributed by atoms with Crippen LogP contribution in [0.3, 0.4) is 0 Å². The van der Waals surface area contributed by atoms with Crippen LogP contribution in [0.15, 0.2) is 36.4 Å². The molecule has 6 heteroatoms. The molecule has 3 rings (SSSR count). The molecular weight excluding hydrogens is 389 g/mol. The number of hydrogen-bond acceptors (Lipinski definition) is 4. The number of Topliss-reactive ketones (excluding diaryl/α,β-unsaturated/α-hetero) is 1. The number of piperidine rings is 1. The molecule has 162 valence electrons. The van der Waals surface area contributed by atoms with Crippen molar-refractivity contribution >= 4 is 31.9 Å². The molecule has 1 atom stereocenters. The second kappa shape index (κ2) is 8.95. The Morgan fingerprint density at radius 1 is 1.27 bits per heavy atom. The Morgan fingerprint density at radius 3 is 2.63 bits per heavy atom. The summed E-state index contributed by atoms with van der Waals surface area (Å²) in [5.41, 5.74) is 1.85. The second-order valence-corrected chi connectivity index (χ2v) is 15.0. The smallest absolute Gasteiger partial charge is 0.376 e. The third kappa shape index (κ3) is 5.05. The monoisotopic (exact) mass is 425 g/mol. The van der Waals surface area contributed by atoms with Gasteiger partial charge in [-0.2, -0.15) is 0 Å². The van der Waals surface area contributed by atoms with E-state index >= 15 is 0 Å². The maximum Gasteiger partial charge on any atom is 0.376 e. The first-order valence-electron chi connectivity index (χ1n) is 11.1. The first-order valence-corrected chi connectivity index (χ1v) is 14.0. The third-order valence-electron chi connectivity index (χ3n) is 6.98. The molecule has 1 aliphatic heterocycles. The lowest BCUT2D eigenvalue weighted by molar-refractivity contribution is 0.0864. The van der Waals surface area contributed by atoms with Crippen LogP contribution in [0.4, 0.5) is 0 Å². The van der Waals surface area contributed by atoms with Gasteiger partial charge in [-0.25, -0.2) is 0 Å². The van der Waals surface area contributed by atoms with Gasteiger partial charge in [0.25, 0.3) is 0 Å². The van der Waals surface area contributed by atoms with Gasteiger partial charge in [0.1, 0.15) is 0 Å². The van der Waals surface area contributed by atoms with Gasteiger partial charge in [0.05, 0.1) is 6.61 Å². The minimum atomic E-state index is -1.89. The molecule has 2 aromatic carbocycles. The quantitative estimate of drug-likeness (QED) is 0.500. The summed E-state index contributed by atoms with van der Waals surface area (Å²) in [7, 11) is -2.40. The fourth-order valence-electron chi connectivity index (χ4n) is 3.92. The van der Waals surface area contributed by atoms with Crippen LogP contribution in [0, 0.1) is 5.92 Å². The zero-order valence-electron chi connectivity index (χ0n) is 19.4. The number of fused-ring (bicyclic) bond motifs is 1. The predicted octanol–water partition coefficient (Wildman–Crippen LogP) is 5.37. The number of ketones is 1. The van der Waals surface area contributed by atoms with E-state index < -0.39 is 15.4 Å². The zero-order valence-corrected chi connectivity index (χ0v) is 20.4. The number of hydrogen-bond donors (Lipinski definition) is 1. The number of carbonyl (C=O) groups excluding carboxylic acids is 1. The minimum Gasteiger partial charge on any atom is -0.437 e. The van der Waals surface area contributed by atoms with Crippen molar-refractivity contribution in [3.63, 3.8) is 0 Å². The van der Waals surface area contributed by atoms with Gasteiger partial charge in [-0.1, -0.05) is 45.0 Å². The van der Waals surface area contributed by atoms with E-state index in [1.54, 1.807) is 6.82 Å². The molecule has 0 aliphatic carbocycles. The molecule has 0 spiro atoms. The molecule has 0 bridgehead atoms. The molecule has 1 aliphatic rings. The summed E-state index contributed by atoms with van der Waals surface area (Å²) in [6.07, 6.45) is 1.82. The number of rotatable bonds is 6. The fourth-order valence-corrected chi connectivity index (χ4v) is 4.87. The average molecular weight is 425 g/mol. The summed E-state index contributed by atoms with van der Waals surface area (Å²) in [6, 6.07) is 12.3. The van der Waals surface area contributed by atoms with Crippen molar-refractivity contribution in [2.75, 3.05) is 13.1 Å². The second-order valence-electron chi connectivity index (χ2n) is 10.2. The van der Waals surface area contributed by atoms with E-state index in [4.69, 9.17) is 4.43 Å². The van der Waals surface area contributed by atoms with E-state index in [0.29, 0.717) is 13.2 Å². The lowest BCUT2D eigenvalue weighted by Crippen LogP contribution is -2.46. The van der Waals surface area contributed by atoms with Gasteiger partial charge in [0, 0.05) is 11.5 Å². The van der Waals surface area contributed by atoms with E-state index in [0.717, 1.165) is 41.3 Å². The van der Waals surface area contributed by atoms with E-state index in [9.17, 15) is 9.82 Å². The van der Waals surface area contributed by atoms with Crippen molar-refractivity contribution in [3.8, 4) is 0 Å². The number of nitrogens with zero attached hydrogens (tertiary/aromatic N) is 1. The van der Waals surface area contributed by atoms with Crippen molar-refractivity contribution in [1.82, 2.24) is 4.81 Å². The predicted molar refractivity (Wildman–Crippen MR) is 128 cm³/mol. The number of benzene rings is 2. The summed E-state index contributed by atoms with van der Waals surface area (Å²) >= 11 is 0. The molecule has 4 nitrogen and oxygen atoms in total. The highest BCUT2D eigenvalue weighted by molar-refractivity contribution is 6.74. The summed E-state index contributed by atoms with van der Waals surface area (Å²) in [4.78, 5) is 15.4. The minimum absolute atomic E-state index is 0.0660. The Balaban J connectivity index is 1.90. The first kappa shape index (κ1) is 23.2. The lowest BCUT2D eigenvalue weighted by Gasteiger charge is -2.36. The van der Waals surface area contributed by atoms with Crippen LogP contribution in [0.1, 0.15) is 49.5 Å². The Hall–Kier alpha value is -1.47. The molecule has 0 aromatic heterocycles. The van der Waals surface area contributed by atoms with Gasteiger partial charge in [-0.05, 0) is 79.4 Å². The van der Waals surface area contributed by atoms with Gasteiger partial charge >= 0.3 is 7.05 Å². The van der Waals surface area contributed by atoms with Crippen LogP contribution in [0.25, 0.3) is 10.8 Å². The van der Waals surface area contributed by atoms with Crippen molar-refractivity contribution in [3.05, 3.63) is 47.5 Å². The molecule has 1 N–H and O–H groups in total. The van der Waals surface area contributed by atoms with Gasteiger partial charge in [0.2, 0.25) is 0 Å². The molecule has 1 saturated heterocycles. The van der Waals surface area contributed by atoms with Gasteiger partial charge in [-0.3, -0.25) is 4.79 Å². The van der Waals surface area contributed by atoms with E-state index in [-0.39, 0.29) is 16.7 Å². The van der Waals surface area contributed by atoms with Crippen molar-refractivity contribution in [2.24, 2.45) is 5.92 Å². The van der Waals surface area contributed by atoms with Crippen LogP contribution in [-0.2, 0) is 11.0 Å². The molecule has 0 saturated carbocycles. The maximum absolute atomic E-state index is 13.4. The molecular formula is C24H36BNO3Si. The normalized spacial score (nSPS) is 18.6. The Labute approximate surface area is 182 Å². The maximum atomic E-state index is 13.4. The van der Waals surface area contributed by atoms with Crippen LogP contribution in [-0.4, -0.2) is 44.1 Å². The Bertz CT molecular complexity index is 907. The highest BCUT2D eigenvalue weighted by Crippen LogP contribution is 2.37.